The highest BCUT2D eigenvalue weighted by atomic mass is 32.1. The van der Waals surface area contributed by atoms with E-state index < -0.39 is 10.8 Å². The molecule has 0 N–H and O–H groups in total. The molecule has 0 atom stereocenters. The number of nitrogens with zero attached hydrogens (tertiary/aromatic N) is 3. The summed E-state index contributed by atoms with van der Waals surface area (Å²) in [6, 6.07) is 10.1. The van der Waals surface area contributed by atoms with E-state index in [1.807, 2.05) is 18.4 Å². The van der Waals surface area contributed by atoms with Crippen LogP contribution in [0.5, 0.6) is 0 Å². The first-order valence-electron chi connectivity index (χ1n) is 8.35. The van der Waals surface area contributed by atoms with Gasteiger partial charge in [0.1, 0.15) is 5.56 Å². The molecule has 1 aromatic heterocycles. The zero-order chi connectivity index (χ0) is 18.8. The zero-order valence-corrected chi connectivity index (χ0v) is 15.7. The van der Waals surface area contributed by atoms with Crippen LogP contribution in [-0.2, 0) is 6.54 Å². The number of hydrogen-bond acceptors (Lipinski definition) is 4. The Labute approximate surface area is 154 Å². The summed E-state index contributed by atoms with van der Waals surface area (Å²) in [6.07, 6.45) is 0.895. The number of fused-ring (bicyclic) bond motifs is 1. The number of carbonyl (C=O) groups excluding carboxylic acids is 1. The van der Waals surface area contributed by atoms with Gasteiger partial charge in [0.2, 0.25) is 0 Å². The molecule has 0 aliphatic carbocycles. The second-order valence-corrected chi connectivity index (χ2v) is 7.14. The molecule has 1 heterocycles. The smallest absolute Gasteiger partial charge is 0.286 e. The summed E-state index contributed by atoms with van der Waals surface area (Å²) < 4.78 is 3.10. The zero-order valence-electron chi connectivity index (χ0n) is 14.9. The Morgan fingerprint density at radius 2 is 2.00 bits per heavy atom. The summed E-state index contributed by atoms with van der Waals surface area (Å²) in [7, 11) is 0. The van der Waals surface area contributed by atoms with Crippen LogP contribution in [0.1, 0.15) is 34.8 Å². The predicted molar refractivity (Wildman–Crippen MR) is 103 cm³/mol. The van der Waals surface area contributed by atoms with Gasteiger partial charge in [0.05, 0.1) is 15.1 Å². The average molecular weight is 369 g/mol. The van der Waals surface area contributed by atoms with Gasteiger partial charge in [-0.15, -0.1) is 0 Å². The lowest BCUT2D eigenvalue weighted by Crippen LogP contribution is -2.17. The van der Waals surface area contributed by atoms with E-state index >= 15 is 0 Å². The van der Waals surface area contributed by atoms with Gasteiger partial charge in [0, 0.05) is 12.6 Å². The number of benzene rings is 2. The number of hydrogen-bond donors (Lipinski definition) is 0. The normalized spacial score (nSPS) is 11.9. The fourth-order valence-electron chi connectivity index (χ4n) is 3.00. The van der Waals surface area contributed by atoms with E-state index in [2.05, 4.69) is 24.0 Å². The van der Waals surface area contributed by atoms with Crippen molar-refractivity contribution >= 4 is 33.1 Å². The highest BCUT2D eigenvalue weighted by Gasteiger charge is 2.19. The van der Waals surface area contributed by atoms with Crippen molar-refractivity contribution in [1.82, 2.24) is 4.57 Å². The summed E-state index contributed by atoms with van der Waals surface area (Å²) >= 11 is 1.44. The quantitative estimate of drug-likeness (QED) is 0.506. The Balaban J connectivity index is 2.21. The topological polar surface area (TPSA) is 77.5 Å². The molecule has 0 saturated carbocycles. The lowest BCUT2D eigenvalue weighted by molar-refractivity contribution is -0.385. The molecule has 0 bridgehead atoms. The van der Waals surface area contributed by atoms with Gasteiger partial charge in [-0.3, -0.25) is 14.9 Å². The molecular weight excluding hydrogens is 350 g/mol. The number of nitro groups is 1. The van der Waals surface area contributed by atoms with Crippen LogP contribution in [0.2, 0.25) is 0 Å². The van der Waals surface area contributed by atoms with Crippen molar-refractivity contribution in [1.29, 1.82) is 0 Å². The lowest BCUT2D eigenvalue weighted by Gasteiger charge is -2.05. The Morgan fingerprint density at radius 1 is 1.27 bits per heavy atom. The van der Waals surface area contributed by atoms with Crippen LogP contribution in [0.25, 0.3) is 10.2 Å². The Hall–Kier alpha value is -2.80. The predicted octanol–water partition coefficient (Wildman–Crippen LogP) is 4.38. The molecule has 1 amide bonds. The van der Waals surface area contributed by atoms with Crippen molar-refractivity contribution < 1.29 is 9.72 Å². The highest BCUT2D eigenvalue weighted by molar-refractivity contribution is 7.16. The fourth-order valence-corrected chi connectivity index (χ4v) is 4.10. The van der Waals surface area contributed by atoms with Crippen LogP contribution >= 0.6 is 11.3 Å². The van der Waals surface area contributed by atoms with E-state index in [9.17, 15) is 14.9 Å². The molecule has 26 heavy (non-hydrogen) atoms. The first-order chi connectivity index (χ1) is 12.4. The SMILES string of the molecule is CCCn1c(=NC(=O)c2ccccc2[N+](=O)[O-])sc2c(C)cc(C)cc21. The third-order valence-electron chi connectivity index (χ3n) is 4.09. The number of carbonyl (C=O) groups is 1. The molecule has 6 nitrogen and oxygen atoms in total. The van der Waals surface area contributed by atoms with Crippen LogP contribution < -0.4 is 4.80 Å². The van der Waals surface area contributed by atoms with Crippen LogP contribution in [0.15, 0.2) is 41.4 Å². The van der Waals surface area contributed by atoms with Crippen molar-refractivity contribution in [2.24, 2.45) is 4.99 Å². The molecule has 7 heteroatoms. The Morgan fingerprint density at radius 3 is 2.69 bits per heavy atom. The average Bonchev–Trinajstić information content (AvgIpc) is 2.93. The number of nitro benzene ring substituents is 1. The largest absolute Gasteiger partial charge is 0.316 e. The summed E-state index contributed by atoms with van der Waals surface area (Å²) in [5.41, 5.74) is 3.11. The van der Waals surface area contributed by atoms with Gasteiger partial charge in [-0.05, 0) is 43.5 Å². The molecule has 0 aliphatic rings. The third-order valence-corrected chi connectivity index (χ3v) is 5.32. The van der Waals surface area contributed by atoms with Crippen LogP contribution in [0.3, 0.4) is 0 Å². The third kappa shape index (κ3) is 3.30. The van der Waals surface area contributed by atoms with Crippen molar-refractivity contribution in [2.75, 3.05) is 0 Å². The molecule has 0 radical (unpaired) electrons. The molecule has 3 aromatic rings. The maximum absolute atomic E-state index is 12.6. The van der Waals surface area contributed by atoms with Gasteiger partial charge >= 0.3 is 0 Å². The summed E-state index contributed by atoms with van der Waals surface area (Å²) in [5, 5.41) is 11.2. The van der Waals surface area contributed by atoms with Crippen LogP contribution in [0, 0.1) is 24.0 Å². The Kier molecular flexibility index (Phi) is 4.99. The molecule has 0 fully saturated rings. The van der Waals surface area contributed by atoms with Gasteiger partial charge in [0.15, 0.2) is 4.80 Å². The van der Waals surface area contributed by atoms with Crippen LogP contribution in [0.4, 0.5) is 5.69 Å². The van der Waals surface area contributed by atoms with E-state index in [1.54, 1.807) is 6.07 Å². The molecule has 3 rings (SSSR count). The minimum absolute atomic E-state index is 0.00547. The second kappa shape index (κ2) is 7.21. The number of aromatic nitrogens is 1. The van der Waals surface area contributed by atoms with E-state index in [0.29, 0.717) is 4.80 Å². The van der Waals surface area contributed by atoms with E-state index in [-0.39, 0.29) is 11.3 Å². The van der Waals surface area contributed by atoms with Gasteiger partial charge in [-0.2, -0.15) is 4.99 Å². The summed E-state index contributed by atoms with van der Waals surface area (Å²) in [4.78, 5) is 28.1. The number of para-hydroxylation sites is 1. The number of thiazole rings is 1. The minimum atomic E-state index is -0.594. The van der Waals surface area contributed by atoms with Crippen LogP contribution in [-0.4, -0.2) is 15.4 Å². The van der Waals surface area contributed by atoms with E-state index in [0.717, 1.165) is 34.3 Å². The Bertz CT molecular complexity index is 1080. The maximum Gasteiger partial charge on any atom is 0.286 e. The van der Waals surface area contributed by atoms with Crippen molar-refractivity contribution in [3.63, 3.8) is 0 Å². The van der Waals surface area contributed by atoms with Gasteiger partial charge in [-0.1, -0.05) is 36.5 Å². The highest BCUT2D eigenvalue weighted by Crippen LogP contribution is 2.24. The number of rotatable bonds is 4. The van der Waals surface area contributed by atoms with E-state index in [1.165, 1.54) is 29.5 Å². The minimum Gasteiger partial charge on any atom is -0.316 e. The molecule has 0 aliphatic heterocycles. The van der Waals surface area contributed by atoms with Gasteiger partial charge in [0.25, 0.3) is 11.6 Å². The first kappa shape index (κ1) is 18.0. The van der Waals surface area contributed by atoms with Crippen molar-refractivity contribution in [2.45, 2.75) is 33.7 Å². The monoisotopic (exact) mass is 369 g/mol. The van der Waals surface area contributed by atoms with Crippen molar-refractivity contribution in [3.05, 3.63) is 68.0 Å². The number of aryl methyl sites for hydroxylation is 3. The standard InChI is InChI=1S/C19H19N3O3S/c1-4-9-21-16-11-12(2)10-13(3)17(16)26-19(21)20-18(23)14-7-5-6-8-15(14)22(24)25/h5-8,10-11H,4,9H2,1-3H3. The molecule has 0 spiro atoms. The maximum atomic E-state index is 12.6. The molecular formula is C19H19N3O3S. The number of amides is 1. The fraction of sp³-hybridized carbons (Fsp3) is 0.263. The van der Waals surface area contributed by atoms with E-state index in [4.69, 9.17) is 0 Å². The summed E-state index contributed by atoms with van der Waals surface area (Å²) in [5.74, 6) is -0.594. The van der Waals surface area contributed by atoms with Crippen molar-refractivity contribution in [3.8, 4) is 0 Å². The molecule has 0 saturated heterocycles. The second-order valence-electron chi connectivity index (χ2n) is 6.16. The lowest BCUT2D eigenvalue weighted by atomic mass is 10.1. The molecule has 134 valence electrons. The summed E-state index contributed by atoms with van der Waals surface area (Å²) in [6.45, 7) is 6.87. The van der Waals surface area contributed by atoms with Gasteiger partial charge in [-0.25, -0.2) is 0 Å². The first-order valence-corrected chi connectivity index (χ1v) is 9.17. The molecule has 0 unspecified atom stereocenters. The molecule has 2 aromatic carbocycles. The van der Waals surface area contributed by atoms with Gasteiger partial charge < -0.3 is 4.57 Å².